The largest absolute Gasteiger partial charge is 0.464 e. The van der Waals surface area contributed by atoms with Crippen molar-refractivity contribution in [1.82, 2.24) is 0 Å². The lowest BCUT2D eigenvalue weighted by Crippen LogP contribution is -2.28. The molecule has 0 saturated heterocycles. The highest BCUT2D eigenvalue weighted by atomic mass is 32.2. The van der Waals surface area contributed by atoms with Crippen molar-refractivity contribution in [2.75, 3.05) is 25.6 Å². The summed E-state index contributed by atoms with van der Waals surface area (Å²) in [5.74, 6) is -1.59. The molecule has 1 aromatic rings. The van der Waals surface area contributed by atoms with E-state index in [1.54, 1.807) is 26.0 Å². The van der Waals surface area contributed by atoms with Crippen LogP contribution in [0.15, 0.2) is 29.2 Å². The first-order chi connectivity index (χ1) is 10.2. The molecular formula is C15H22O6S. The summed E-state index contributed by atoms with van der Waals surface area (Å²) in [5, 5.41) is 17.9. The van der Waals surface area contributed by atoms with Crippen molar-refractivity contribution in [2.45, 2.75) is 25.2 Å². The van der Waals surface area contributed by atoms with Crippen LogP contribution in [0, 0.1) is 5.41 Å². The quantitative estimate of drug-likeness (QED) is 0.675. The van der Waals surface area contributed by atoms with Gasteiger partial charge in [-0.05, 0) is 24.1 Å². The van der Waals surface area contributed by atoms with E-state index < -0.39 is 27.0 Å². The topological polar surface area (TPSA) is 101 Å². The molecule has 2 N–H and O–H groups in total. The van der Waals surface area contributed by atoms with Gasteiger partial charge in [0.25, 0.3) is 0 Å². The Bertz CT molecular complexity index is 589. The molecule has 0 amide bonds. The zero-order valence-electron chi connectivity index (χ0n) is 12.8. The van der Waals surface area contributed by atoms with E-state index >= 15 is 0 Å². The molecule has 0 saturated carbocycles. The Morgan fingerprint density at radius 1 is 1.18 bits per heavy atom. The maximum atomic E-state index is 12.1. The Morgan fingerprint density at radius 2 is 1.77 bits per heavy atom. The number of hydrogen-bond acceptors (Lipinski definition) is 6. The van der Waals surface area contributed by atoms with Gasteiger partial charge in [0.2, 0.25) is 0 Å². The van der Waals surface area contributed by atoms with E-state index in [9.17, 15) is 13.2 Å². The summed E-state index contributed by atoms with van der Waals surface area (Å²) in [6.45, 7) is 3.18. The van der Waals surface area contributed by atoms with Crippen LogP contribution >= 0.6 is 0 Å². The van der Waals surface area contributed by atoms with E-state index in [0.29, 0.717) is 6.42 Å². The molecule has 0 unspecified atom stereocenters. The van der Waals surface area contributed by atoms with Crippen LogP contribution in [0.3, 0.4) is 0 Å². The van der Waals surface area contributed by atoms with Crippen LogP contribution in [0.5, 0.6) is 0 Å². The van der Waals surface area contributed by atoms with Gasteiger partial charge in [0.15, 0.2) is 15.6 Å². The van der Waals surface area contributed by atoms with E-state index in [0.717, 1.165) is 5.56 Å². The number of esters is 1. The van der Waals surface area contributed by atoms with Gasteiger partial charge in [0.1, 0.15) is 0 Å². The first-order valence-electron chi connectivity index (χ1n) is 6.89. The normalized spacial score (nSPS) is 12.2. The fourth-order valence-electron chi connectivity index (χ4n) is 1.59. The molecule has 1 rings (SSSR count). The van der Waals surface area contributed by atoms with Crippen molar-refractivity contribution in [3.8, 4) is 0 Å². The van der Waals surface area contributed by atoms with Crippen LogP contribution in [0.4, 0.5) is 0 Å². The molecule has 22 heavy (non-hydrogen) atoms. The molecule has 0 fully saturated rings. The minimum absolute atomic E-state index is 0.0148. The van der Waals surface area contributed by atoms with Crippen molar-refractivity contribution in [3.05, 3.63) is 29.8 Å². The van der Waals surface area contributed by atoms with Crippen molar-refractivity contribution in [3.63, 3.8) is 0 Å². The Kier molecular flexibility index (Phi) is 6.52. The van der Waals surface area contributed by atoms with Gasteiger partial charge >= 0.3 is 5.97 Å². The molecule has 7 heteroatoms. The second-order valence-corrected chi connectivity index (χ2v) is 7.85. The van der Waals surface area contributed by atoms with E-state index in [1.165, 1.54) is 12.1 Å². The van der Waals surface area contributed by atoms with Gasteiger partial charge in [-0.15, -0.1) is 0 Å². The zero-order chi connectivity index (χ0) is 16.8. The van der Waals surface area contributed by atoms with Gasteiger partial charge in [0.05, 0.1) is 18.1 Å². The smallest absolute Gasteiger partial charge is 0.321 e. The Balaban J connectivity index is 2.68. The average molecular weight is 330 g/mol. The number of sulfone groups is 1. The Labute approximate surface area is 130 Å². The molecule has 0 aliphatic heterocycles. The fraction of sp³-hybridized carbons (Fsp3) is 0.533. The number of aliphatic hydroxyl groups excluding tert-OH is 2. The van der Waals surface area contributed by atoms with Gasteiger partial charge in [-0.25, -0.2) is 8.42 Å². The molecule has 1 aromatic carbocycles. The van der Waals surface area contributed by atoms with E-state index in [-0.39, 0.29) is 24.7 Å². The number of hydrogen-bond donors (Lipinski definition) is 2. The number of carbonyl (C=O) groups excluding carboxylic acids is 1. The third kappa shape index (κ3) is 5.75. The predicted octanol–water partition coefficient (Wildman–Crippen LogP) is 0.557. The lowest BCUT2D eigenvalue weighted by molar-refractivity contribution is -0.144. The first-order valence-corrected chi connectivity index (χ1v) is 8.54. The van der Waals surface area contributed by atoms with Gasteiger partial charge in [-0.3, -0.25) is 4.79 Å². The number of ether oxygens (including phenoxy) is 1. The molecular weight excluding hydrogens is 308 g/mol. The van der Waals surface area contributed by atoms with Gasteiger partial charge < -0.3 is 14.9 Å². The van der Waals surface area contributed by atoms with Crippen molar-refractivity contribution in [1.29, 1.82) is 0 Å². The SMILES string of the molecule is CC(C)(CO)COC(=O)CS(=O)(=O)c1ccc(CCO)cc1. The number of benzene rings is 1. The second-order valence-electron chi connectivity index (χ2n) is 5.86. The molecule has 0 aliphatic carbocycles. The van der Waals surface area contributed by atoms with Crippen molar-refractivity contribution in [2.24, 2.45) is 5.41 Å². The molecule has 0 heterocycles. The highest BCUT2D eigenvalue weighted by molar-refractivity contribution is 7.92. The summed E-state index contributed by atoms with van der Waals surface area (Å²) < 4.78 is 29.1. The van der Waals surface area contributed by atoms with E-state index in [1.807, 2.05) is 0 Å². The Hall–Kier alpha value is -1.44. The highest BCUT2D eigenvalue weighted by Gasteiger charge is 2.23. The van der Waals surface area contributed by atoms with E-state index in [2.05, 4.69) is 0 Å². The zero-order valence-corrected chi connectivity index (χ0v) is 13.6. The van der Waals surface area contributed by atoms with Crippen LogP contribution in [0.1, 0.15) is 19.4 Å². The van der Waals surface area contributed by atoms with Crippen LogP contribution in [0.2, 0.25) is 0 Å². The summed E-state index contributed by atoms with van der Waals surface area (Å²) in [6.07, 6.45) is 0.443. The summed E-state index contributed by atoms with van der Waals surface area (Å²) in [4.78, 5) is 11.7. The van der Waals surface area contributed by atoms with Gasteiger partial charge in [-0.2, -0.15) is 0 Å². The summed E-state index contributed by atoms with van der Waals surface area (Å²) in [7, 11) is -3.77. The van der Waals surface area contributed by atoms with Crippen LogP contribution < -0.4 is 0 Å². The van der Waals surface area contributed by atoms with Crippen LogP contribution in [0.25, 0.3) is 0 Å². The van der Waals surface area contributed by atoms with Crippen molar-refractivity contribution >= 4 is 15.8 Å². The monoisotopic (exact) mass is 330 g/mol. The fourth-order valence-corrected chi connectivity index (χ4v) is 2.71. The molecule has 0 radical (unpaired) electrons. The summed E-state index contributed by atoms with van der Waals surface area (Å²) in [6, 6.07) is 6.02. The molecule has 0 atom stereocenters. The van der Waals surface area contributed by atoms with Crippen LogP contribution in [-0.2, 0) is 25.8 Å². The lowest BCUT2D eigenvalue weighted by atomic mass is 9.97. The van der Waals surface area contributed by atoms with Gasteiger partial charge in [0, 0.05) is 12.0 Å². The average Bonchev–Trinajstić information content (AvgIpc) is 2.46. The lowest BCUT2D eigenvalue weighted by Gasteiger charge is -2.20. The van der Waals surface area contributed by atoms with Gasteiger partial charge in [-0.1, -0.05) is 26.0 Å². The molecule has 6 nitrogen and oxygen atoms in total. The minimum atomic E-state index is -3.77. The summed E-state index contributed by atoms with van der Waals surface area (Å²) in [5.41, 5.74) is 0.208. The highest BCUT2D eigenvalue weighted by Crippen LogP contribution is 2.16. The molecule has 0 aromatic heterocycles. The number of carbonyl (C=O) groups is 1. The second kappa shape index (κ2) is 7.71. The molecule has 0 spiro atoms. The van der Waals surface area contributed by atoms with E-state index in [4.69, 9.17) is 14.9 Å². The molecule has 0 aliphatic rings. The minimum Gasteiger partial charge on any atom is -0.464 e. The standard InChI is InChI=1S/C15H22O6S/c1-15(2,10-17)11-21-14(18)9-22(19,20)13-5-3-12(4-6-13)7-8-16/h3-6,16-17H,7-11H2,1-2H3. The maximum absolute atomic E-state index is 12.1. The molecule has 124 valence electrons. The summed E-state index contributed by atoms with van der Waals surface area (Å²) >= 11 is 0. The maximum Gasteiger partial charge on any atom is 0.321 e. The van der Waals surface area contributed by atoms with Crippen LogP contribution in [-0.4, -0.2) is 50.2 Å². The van der Waals surface area contributed by atoms with Crippen molar-refractivity contribution < 1.29 is 28.2 Å². The predicted molar refractivity (Wildman–Crippen MR) is 81.1 cm³/mol. The first kappa shape index (κ1) is 18.6. The molecule has 0 bridgehead atoms. The number of rotatable bonds is 8. The third-order valence-electron chi connectivity index (χ3n) is 3.04. The number of aliphatic hydroxyl groups is 2. The third-order valence-corrected chi connectivity index (χ3v) is 4.65. The Morgan fingerprint density at radius 3 is 2.27 bits per heavy atom.